The number of thioether (sulfide) groups is 1. The van der Waals surface area contributed by atoms with Crippen molar-refractivity contribution in [1.82, 2.24) is 19.0 Å². The number of pyridine rings is 1. The Labute approximate surface area is 220 Å². The second kappa shape index (κ2) is 9.84. The molecule has 2 aromatic rings. The van der Waals surface area contributed by atoms with E-state index in [1.54, 1.807) is 11.9 Å². The minimum atomic E-state index is -0.0901. The molecule has 0 bridgehead atoms. The van der Waals surface area contributed by atoms with Gasteiger partial charge >= 0.3 is 0 Å². The van der Waals surface area contributed by atoms with Crippen LogP contribution in [-0.4, -0.2) is 48.9 Å². The van der Waals surface area contributed by atoms with E-state index in [-0.39, 0.29) is 34.2 Å². The smallest absolute Gasteiger partial charge is 0.225 e. The number of fused-ring (bicyclic) bond motifs is 1. The highest BCUT2D eigenvalue weighted by molar-refractivity contribution is 8.26. The van der Waals surface area contributed by atoms with Gasteiger partial charge < -0.3 is 4.90 Å². The van der Waals surface area contributed by atoms with Crippen molar-refractivity contribution in [2.24, 2.45) is 17.8 Å². The maximum atomic E-state index is 12.5. The Morgan fingerprint density at radius 3 is 2.64 bits per heavy atom. The van der Waals surface area contributed by atoms with Crippen molar-refractivity contribution in [3.8, 4) is 6.07 Å². The van der Waals surface area contributed by atoms with Gasteiger partial charge in [0.2, 0.25) is 5.91 Å². The lowest BCUT2D eigenvalue weighted by molar-refractivity contribution is -0.135. The van der Waals surface area contributed by atoms with Crippen LogP contribution in [-0.2, 0) is 4.79 Å². The molecule has 2 atom stereocenters. The van der Waals surface area contributed by atoms with E-state index in [2.05, 4.69) is 28.8 Å². The Morgan fingerprint density at radius 2 is 2.03 bits per heavy atom. The highest BCUT2D eigenvalue weighted by atomic mass is 32.2. The van der Waals surface area contributed by atoms with Gasteiger partial charge in [-0.3, -0.25) is 24.7 Å². The van der Waals surface area contributed by atoms with E-state index in [9.17, 15) is 4.79 Å². The monoisotopic (exact) mass is 523 g/mol. The molecule has 3 fully saturated rings. The summed E-state index contributed by atoms with van der Waals surface area (Å²) in [5.41, 5.74) is 2.37. The lowest BCUT2D eigenvalue weighted by atomic mass is 9.89. The number of hydrogen-bond acceptors (Lipinski definition) is 8. The number of likely N-dealkylation sites (tertiary alicyclic amines) is 1. The topological polar surface area (TPSA) is 121 Å². The molecule has 1 saturated heterocycles. The van der Waals surface area contributed by atoms with Crippen LogP contribution in [0.15, 0.2) is 23.4 Å². The summed E-state index contributed by atoms with van der Waals surface area (Å²) >= 11 is 2.74. The Kier molecular flexibility index (Phi) is 6.92. The largest absolute Gasteiger partial charge is 0.342 e. The first-order valence-electron chi connectivity index (χ1n) is 12.7. The molecule has 2 saturated carbocycles. The van der Waals surface area contributed by atoms with Gasteiger partial charge in [-0.1, -0.05) is 25.6 Å². The number of nitriles is 1. The van der Waals surface area contributed by atoms with E-state index in [0.717, 1.165) is 48.1 Å². The van der Waals surface area contributed by atoms with Crippen LogP contribution in [0.3, 0.4) is 0 Å². The van der Waals surface area contributed by atoms with Gasteiger partial charge in [-0.2, -0.15) is 5.26 Å². The minimum Gasteiger partial charge on any atom is -0.342 e. The SMILES string of the molecule is CC(C)C(=O)N1CCC(c2cc(SNC3(C)CC3)cn3c(C(=N)SC(=N)C4CC4C#N)ncc23)CC1. The fourth-order valence-corrected chi connectivity index (χ4v) is 6.54. The molecule has 5 rings (SSSR count). The number of carbonyl (C=O) groups excluding carboxylic acids is 1. The standard InChI is InChI=1S/C26H33N7OS2/c1-15(2)25(34)32-8-4-16(5-9-32)19-11-18(36-31-26(3)6-7-26)14-33-21(19)13-30-24(33)23(29)35-22(28)20-10-17(20)12-27/h11,13-17,20,28-29,31H,4-10H2,1-3H3. The van der Waals surface area contributed by atoms with E-state index in [1.807, 2.05) is 35.5 Å². The molecule has 190 valence electrons. The number of amides is 1. The molecule has 2 aromatic heterocycles. The second-order valence-electron chi connectivity index (χ2n) is 10.9. The fraction of sp³-hybridized carbons (Fsp3) is 0.577. The fourth-order valence-electron chi connectivity index (χ4n) is 4.75. The Bertz CT molecular complexity index is 1250. The van der Waals surface area contributed by atoms with Crippen molar-refractivity contribution >= 4 is 45.2 Å². The molecule has 1 aliphatic heterocycles. The molecule has 1 amide bonds. The summed E-state index contributed by atoms with van der Waals surface area (Å²) in [4.78, 5) is 20.2. The first-order valence-corrected chi connectivity index (χ1v) is 14.3. The Morgan fingerprint density at radius 1 is 1.31 bits per heavy atom. The number of imidazole rings is 1. The van der Waals surface area contributed by atoms with Crippen molar-refractivity contribution in [2.45, 2.75) is 69.2 Å². The van der Waals surface area contributed by atoms with Crippen LogP contribution in [0.5, 0.6) is 0 Å². The van der Waals surface area contributed by atoms with Crippen molar-refractivity contribution in [2.75, 3.05) is 13.1 Å². The van der Waals surface area contributed by atoms with Gasteiger partial charge in [0.05, 0.1) is 28.7 Å². The van der Waals surface area contributed by atoms with Crippen molar-refractivity contribution in [1.29, 1.82) is 16.1 Å². The van der Waals surface area contributed by atoms with E-state index in [1.165, 1.54) is 18.4 Å². The maximum absolute atomic E-state index is 12.5. The molecule has 3 aliphatic rings. The zero-order valence-electron chi connectivity index (χ0n) is 21.0. The first kappa shape index (κ1) is 25.3. The molecular weight excluding hydrogens is 490 g/mol. The van der Waals surface area contributed by atoms with Gasteiger partial charge in [-0.05, 0) is 68.5 Å². The molecule has 36 heavy (non-hydrogen) atoms. The summed E-state index contributed by atoms with van der Waals surface area (Å²) in [7, 11) is 0. The number of hydrogen-bond donors (Lipinski definition) is 3. The van der Waals surface area contributed by atoms with Gasteiger partial charge in [0.25, 0.3) is 0 Å². The molecule has 3 N–H and O–H groups in total. The predicted octanol–water partition coefficient (Wildman–Crippen LogP) is 5.04. The first-order chi connectivity index (χ1) is 17.2. The average molecular weight is 524 g/mol. The van der Waals surface area contributed by atoms with E-state index in [0.29, 0.717) is 23.2 Å². The van der Waals surface area contributed by atoms with Crippen LogP contribution in [0.1, 0.15) is 70.2 Å². The molecule has 0 spiro atoms. The molecular formula is C26H33N7OS2. The summed E-state index contributed by atoms with van der Waals surface area (Å²) in [5, 5.41) is 26.7. The average Bonchev–Trinajstić information content (AvgIpc) is 3.78. The molecule has 3 heterocycles. The van der Waals surface area contributed by atoms with Crippen LogP contribution >= 0.6 is 23.7 Å². The molecule has 0 radical (unpaired) electrons. The Hall–Kier alpha value is -2.35. The quantitative estimate of drug-likeness (QED) is 0.266. The molecule has 2 unspecified atom stereocenters. The maximum Gasteiger partial charge on any atom is 0.225 e. The molecule has 8 nitrogen and oxygen atoms in total. The summed E-state index contributed by atoms with van der Waals surface area (Å²) < 4.78 is 5.59. The van der Waals surface area contributed by atoms with E-state index < -0.39 is 0 Å². The lowest BCUT2D eigenvalue weighted by Gasteiger charge is -2.33. The number of nitrogens with zero attached hydrogens (tertiary/aromatic N) is 4. The van der Waals surface area contributed by atoms with Crippen molar-refractivity contribution < 1.29 is 4.79 Å². The number of carbonyl (C=O) groups is 1. The zero-order valence-corrected chi connectivity index (χ0v) is 22.6. The van der Waals surface area contributed by atoms with Crippen LogP contribution in [0, 0.1) is 39.9 Å². The van der Waals surface area contributed by atoms with Crippen LogP contribution in [0.25, 0.3) is 5.52 Å². The predicted molar refractivity (Wildman–Crippen MR) is 145 cm³/mol. The van der Waals surface area contributed by atoms with Gasteiger partial charge in [0, 0.05) is 41.6 Å². The molecule has 0 aromatic carbocycles. The number of piperidine rings is 1. The number of nitrogens with one attached hydrogen (secondary N) is 3. The van der Waals surface area contributed by atoms with Crippen LogP contribution < -0.4 is 4.72 Å². The number of aromatic nitrogens is 2. The summed E-state index contributed by atoms with van der Waals surface area (Å²) in [6.07, 6.45) is 8.74. The van der Waals surface area contributed by atoms with Crippen molar-refractivity contribution in [3.05, 3.63) is 29.8 Å². The minimum absolute atomic E-state index is 0.0153. The van der Waals surface area contributed by atoms with Crippen LogP contribution in [0.2, 0.25) is 0 Å². The van der Waals surface area contributed by atoms with Gasteiger partial charge in [0.15, 0.2) is 5.82 Å². The highest BCUT2D eigenvalue weighted by Crippen LogP contribution is 2.42. The Balaban J connectivity index is 1.41. The van der Waals surface area contributed by atoms with E-state index >= 15 is 0 Å². The van der Waals surface area contributed by atoms with Gasteiger partial charge in [-0.25, -0.2) is 4.98 Å². The van der Waals surface area contributed by atoms with Gasteiger partial charge in [0.1, 0.15) is 5.04 Å². The normalized spacial score (nSPS) is 23.0. The lowest BCUT2D eigenvalue weighted by Crippen LogP contribution is -2.40. The summed E-state index contributed by atoms with van der Waals surface area (Å²) in [6.45, 7) is 7.65. The second-order valence-corrected chi connectivity index (χ2v) is 12.8. The third kappa shape index (κ3) is 5.20. The molecule has 2 aliphatic carbocycles. The third-order valence-electron chi connectivity index (χ3n) is 7.51. The van der Waals surface area contributed by atoms with Crippen molar-refractivity contribution in [3.63, 3.8) is 0 Å². The zero-order chi connectivity index (χ0) is 25.6. The van der Waals surface area contributed by atoms with Crippen LogP contribution in [0.4, 0.5) is 0 Å². The van der Waals surface area contributed by atoms with Gasteiger partial charge in [-0.15, -0.1) is 0 Å². The highest BCUT2D eigenvalue weighted by Gasteiger charge is 2.41. The third-order valence-corrected chi connectivity index (χ3v) is 9.47. The number of rotatable bonds is 7. The van der Waals surface area contributed by atoms with E-state index in [4.69, 9.17) is 16.1 Å². The summed E-state index contributed by atoms with van der Waals surface area (Å²) in [6, 6.07) is 4.47. The molecule has 10 heteroatoms. The summed E-state index contributed by atoms with van der Waals surface area (Å²) in [5.74, 6) is 0.944.